The second kappa shape index (κ2) is 7.60. The largest absolute Gasteiger partial charge is 0.496 e. The van der Waals surface area contributed by atoms with Gasteiger partial charge in [0.1, 0.15) is 11.6 Å². The molecule has 1 aromatic carbocycles. The van der Waals surface area contributed by atoms with E-state index in [4.69, 9.17) is 4.74 Å². The summed E-state index contributed by atoms with van der Waals surface area (Å²) in [5.41, 5.74) is 1.12. The average molecular weight is 280 g/mol. The number of ether oxygens (including phenoxy) is 1. The molecular formula is C16H25FN2O. The normalized spacial score (nSPS) is 17.9. The number of benzene rings is 1. The van der Waals surface area contributed by atoms with Crippen LogP contribution in [-0.2, 0) is 0 Å². The average Bonchev–Trinajstić information content (AvgIpc) is 2.49. The first-order valence-electron chi connectivity index (χ1n) is 7.54. The number of halogens is 1. The molecule has 1 heterocycles. The molecular weight excluding hydrogens is 255 g/mol. The van der Waals surface area contributed by atoms with Gasteiger partial charge in [0.15, 0.2) is 0 Å². The summed E-state index contributed by atoms with van der Waals surface area (Å²) < 4.78 is 18.8. The molecule has 1 aliphatic heterocycles. The summed E-state index contributed by atoms with van der Waals surface area (Å²) in [6.07, 6.45) is 3.44. The first-order chi connectivity index (χ1) is 9.76. The molecule has 1 atom stereocenters. The zero-order valence-electron chi connectivity index (χ0n) is 12.5. The molecule has 0 aliphatic carbocycles. The van der Waals surface area contributed by atoms with Gasteiger partial charge in [-0.25, -0.2) is 4.39 Å². The molecule has 112 valence electrons. The Morgan fingerprint density at radius 2 is 2.10 bits per heavy atom. The van der Waals surface area contributed by atoms with Crippen LogP contribution in [-0.4, -0.2) is 38.2 Å². The summed E-state index contributed by atoms with van der Waals surface area (Å²) >= 11 is 0. The number of nitrogens with zero attached hydrogens (tertiary/aromatic N) is 1. The van der Waals surface area contributed by atoms with E-state index in [1.807, 2.05) is 6.07 Å². The number of unbranched alkanes of at least 4 members (excludes halogenated alkanes) is 1. The van der Waals surface area contributed by atoms with Gasteiger partial charge in [-0.3, -0.25) is 4.90 Å². The van der Waals surface area contributed by atoms with Crippen LogP contribution in [0.15, 0.2) is 18.2 Å². The van der Waals surface area contributed by atoms with E-state index in [9.17, 15) is 4.39 Å². The summed E-state index contributed by atoms with van der Waals surface area (Å²) in [5, 5.41) is 3.38. The number of methoxy groups -OCH3 is 1. The first kappa shape index (κ1) is 15.3. The highest BCUT2D eigenvalue weighted by Crippen LogP contribution is 2.33. The minimum Gasteiger partial charge on any atom is -0.496 e. The Morgan fingerprint density at radius 1 is 1.35 bits per heavy atom. The van der Waals surface area contributed by atoms with Gasteiger partial charge in [0.05, 0.1) is 7.11 Å². The van der Waals surface area contributed by atoms with Crippen LogP contribution in [0, 0.1) is 5.82 Å². The molecule has 0 saturated carbocycles. The van der Waals surface area contributed by atoms with E-state index in [0.717, 1.165) is 38.2 Å². The standard InChI is InChI=1S/C16H25FN2O/c1-3-4-5-15(19-10-8-18-9-11-19)14-7-6-13(17)12-16(14)20-2/h6-7,12,15,18H,3-5,8-11H2,1-2H3/t15-/m0/s1. The quantitative estimate of drug-likeness (QED) is 0.867. The van der Waals surface area contributed by atoms with Crippen LogP contribution in [0.2, 0.25) is 0 Å². The van der Waals surface area contributed by atoms with E-state index in [-0.39, 0.29) is 5.82 Å². The second-order valence-electron chi connectivity index (χ2n) is 5.33. The SMILES string of the molecule is CCCC[C@@H](c1ccc(F)cc1OC)N1CCNCC1. The van der Waals surface area contributed by atoms with E-state index in [2.05, 4.69) is 17.1 Å². The molecule has 0 radical (unpaired) electrons. The highest BCUT2D eigenvalue weighted by molar-refractivity contribution is 5.36. The Morgan fingerprint density at radius 3 is 2.75 bits per heavy atom. The monoisotopic (exact) mass is 280 g/mol. The highest BCUT2D eigenvalue weighted by Gasteiger charge is 2.24. The lowest BCUT2D eigenvalue weighted by molar-refractivity contribution is 0.160. The van der Waals surface area contributed by atoms with Gasteiger partial charge < -0.3 is 10.1 Å². The molecule has 1 saturated heterocycles. The predicted molar refractivity (Wildman–Crippen MR) is 79.7 cm³/mol. The Labute approximate surface area is 121 Å². The predicted octanol–water partition coefficient (Wildman–Crippen LogP) is 2.97. The van der Waals surface area contributed by atoms with Crippen LogP contribution < -0.4 is 10.1 Å². The van der Waals surface area contributed by atoms with Crippen molar-refractivity contribution in [1.82, 2.24) is 10.2 Å². The van der Waals surface area contributed by atoms with Gasteiger partial charge >= 0.3 is 0 Å². The van der Waals surface area contributed by atoms with Crippen molar-refractivity contribution >= 4 is 0 Å². The fourth-order valence-electron chi connectivity index (χ4n) is 2.89. The van der Waals surface area contributed by atoms with Gasteiger partial charge in [-0.2, -0.15) is 0 Å². The van der Waals surface area contributed by atoms with E-state index in [1.165, 1.54) is 18.9 Å². The van der Waals surface area contributed by atoms with Crippen molar-refractivity contribution in [3.05, 3.63) is 29.6 Å². The molecule has 0 spiro atoms. The van der Waals surface area contributed by atoms with Gasteiger partial charge in [-0.05, 0) is 12.5 Å². The maximum atomic E-state index is 13.4. The van der Waals surface area contributed by atoms with Crippen molar-refractivity contribution in [3.8, 4) is 5.75 Å². The molecule has 3 nitrogen and oxygen atoms in total. The summed E-state index contributed by atoms with van der Waals surface area (Å²) in [4.78, 5) is 2.49. The molecule has 0 aromatic heterocycles. The molecule has 1 aromatic rings. The third kappa shape index (κ3) is 3.70. The molecule has 1 fully saturated rings. The van der Waals surface area contributed by atoms with E-state index >= 15 is 0 Å². The summed E-state index contributed by atoms with van der Waals surface area (Å²) in [6.45, 7) is 6.32. The Bertz CT molecular complexity index is 419. The van der Waals surface area contributed by atoms with Crippen molar-refractivity contribution in [1.29, 1.82) is 0 Å². The minimum absolute atomic E-state index is 0.236. The van der Waals surface area contributed by atoms with Crippen molar-refractivity contribution in [2.75, 3.05) is 33.3 Å². The second-order valence-corrected chi connectivity index (χ2v) is 5.33. The van der Waals surface area contributed by atoms with Crippen molar-refractivity contribution in [2.45, 2.75) is 32.2 Å². The number of rotatable bonds is 6. The molecule has 0 unspecified atom stereocenters. The van der Waals surface area contributed by atoms with Gasteiger partial charge in [0.2, 0.25) is 0 Å². The first-order valence-corrected chi connectivity index (χ1v) is 7.54. The van der Waals surface area contributed by atoms with Crippen LogP contribution in [0.5, 0.6) is 5.75 Å². The lowest BCUT2D eigenvalue weighted by Gasteiger charge is -2.36. The molecule has 0 amide bonds. The van der Waals surface area contributed by atoms with Crippen LogP contribution in [0.4, 0.5) is 4.39 Å². The van der Waals surface area contributed by atoms with Crippen LogP contribution in [0.1, 0.15) is 37.8 Å². The number of hydrogen-bond donors (Lipinski definition) is 1. The molecule has 0 bridgehead atoms. The fraction of sp³-hybridized carbons (Fsp3) is 0.625. The third-order valence-corrected chi connectivity index (χ3v) is 3.98. The molecule has 20 heavy (non-hydrogen) atoms. The van der Waals surface area contributed by atoms with Crippen LogP contribution >= 0.6 is 0 Å². The minimum atomic E-state index is -0.236. The number of piperazine rings is 1. The maximum absolute atomic E-state index is 13.4. The summed E-state index contributed by atoms with van der Waals surface area (Å²) in [6, 6.07) is 5.25. The van der Waals surface area contributed by atoms with Crippen LogP contribution in [0.3, 0.4) is 0 Å². The molecule has 2 rings (SSSR count). The zero-order valence-corrected chi connectivity index (χ0v) is 12.5. The number of hydrogen-bond acceptors (Lipinski definition) is 3. The smallest absolute Gasteiger partial charge is 0.126 e. The Hall–Kier alpha value is -1.13. The summed E-state index contributed by atoms with van der Waals surface area (Å²) in [5.74, 6) is 0.435. The lowest BCUT2D eigenvalue weighted by Crippen LogP contribution is -2.45. The number of nitrogens with one attached hydrogen (secondary N) is 1. The Balaban J connectivity index is 2.24. The topological polar surface area (TPSA) is 24.5 Å². The van der Waals surface area contributed by atoms with E-state index in [1.54, 1.807) is 13.2 Å². The van der Waals surface area contributed by atoms with Gasteiger partial charge in [0.25, 0.3) is 0 Å². The van der Waals surface area contributed by atoms with E-state index < -0.39 is 0 Å². The van der Waals surface area contributed by atoms with E-state index in [0.29, 0.717) is 11.8 Å². The maximum Gasteiger partial charge on any atom is 0.126 e. The molecule has 1 N–H and O–H groups in total. The fourth-order valence-corrected chi connectivity index (χ4v) is 2.89. The van der Waals surface area contributed by atoms with Gasteiger partial charge in [-0.15, -0.1) is 0 Å². The Kier molecular flexibility index (Phi) is 5.80. The molecule has 1 aliphatic rings. The summed E-state index contributed by atoms with van der Waals surface area (Å²) in [7, 11) is 1.62. The van der Waals surface area contributed by atoms with Crippen LogP contribution in [0.25, 0.3) is 0 Å². The van der Waals surface area contributed by atoms with Crippen molar-refractivity contribution in [3.63, 3.8) is 0 Å². The van der Waals surface area contributed by atoms with Gasteiger partial charge in [-0.1, -0.05) is 25.8 Å². The molecule has 4 heteroatoms. The zero-order chi connectivity index (χ0) is 14.4. The van der Waals surface area contributed by atoms with Crippen molar-refractivity contribution in [2.24, 2.45) is 0 Å². The van der Waals surface area contributed by atoms with Crippen molar-refractivity contribution < 1.29 is 9.13 Å². The lowest BCUT2D eigenvalue weighted by atomic mass is 9.97. The third-order valence-electron chi connectivity index (χ3n) is 3.98. The highest BCUT2D eigenvalue weighted by atomic mass is 19.1. The van der Waals surface area contributed by atoms with Gasteiger partial charge in [0, 0.05) is 43.9 Å².